The molecule has 1 aromatic carbocycles. The van der Waals surface area contributed by atoms with Crippen LogP contribution in [0.15, 0.2) is 28.7 Å². The summed E-state index contributed by atoms with van der Waals surface area (Å²) in [6.07, 6.45) is 0. The topological polar surface area (TPSA) is 44.5 Å². The van der Waals surface area contributed by atoms with Gasteiger partial charge < -0.3 is 15.2 Å². The first kappa shape index (κ1) is 10.1. The highest BCUT2D eigenvalue weighted by atomic mass is 79.9. The molecule has 2 N–H and O–H groups in total. The Morgan fingerprint density at radius 2 is 2.07 bits per heavy atom. The van der Waals surface area contributed by atoms with Crippen LogP contribution in [-0.4, -0.2) is 19.8 Å². The quantitative estimate of drug-likeness (QED) is 0.876. The first-order valence-corrected chi connectivity index (χ1v) is 5.30. The Hall–Kier alpha value is -0.420. The molecule has 0 bridgehead atoms. The predicted molar refractivity (Wildman–Crippen MR) is 56.8 cm³/mol. The van der Waals surface area contributed by atoms with Gasteiger partial charge in [0.25, 0.3) is 0 Å². The minimum Gasteiger partial charge on any atom is -0.342 e. The molecule has 1 aromatic rings. The van der Waals surface area contributed by atoms with Crippen molar-refractivity contribution in [2.45, 2.75) is 5.79 Å². The van der Waals surface area contributed by atoms with Crippen molar-refractivity contribution in [2.24, 2.45) is 5.73 Å². The SMILES string of the molecule is NCC1(c2cccc(Br)c2)OCCO1. The van der Waals surface area contributed by atoms with Gasteiger partial charge >= 0.3 is 0 Å². The fourth-order valence-corrected chi connectivity index (χ4v) is 1.98. The van der Waals surface area contributed by atoms with Crippen LogP contribution in [0.5, 0.6) is 0 Å². The summed E-state index contributed by atoms with van der Waals surface area (Å²) in [7, 11) is 0. The average Bonchev–Trinajstić information content (AvgIpc) is 2.67. The van der Waals surface area contributed by atoms with Crippen LogP contribution < -0.4 is 5.73 Å². The summed E-state index contributed by atoms with van der Waals surface area (Å²) >= 11 is 3.41. The number of benzene rings is 1. The van der Waals surface area contributed by atoms with Crippen LogP contribution in [0, 0.1) is 0 Å². The van der Waals surface area contributed by atoms with E-state index in [1.165, 1.54) is 0 Å². The molecule has 0 aromatic heterocycles. The molecule has 76 valence electrons. The smallest absolute Gasteiger partial charge is 0.207 e. The van der Waals surface area contributed by atoms with Crippen LogP contribution in [0.2, 0.25) is 0 Å². The largest absolute Gasteiger partial charge is 0.342 e. The molecule has 0 amide bonds. The number of nitrogens with two attached hydrogens (primary N) is 1. The van der Waals surface area contributed by atoms with Crippen LogP contribution in [0.3, 0.4) is 0 Å². The maximum Gasteiger partial charge on any atom is 0.207 e. The van der Waals surface area contributed by atoms with E-state index in [1.807, 2.05) is 24.3 Å². The number of halogens is 1. The van der Waals surface area contributed by atoms with Crippen molar-refractivity contribution in [3.05, 3.63) is 34.3 Å². The zero-order valence-corrected chi connectivity index (χ0v) is 9.29. The van der Waals surface area contributed by atoms with E-state index >= 15 is 0 Å². The standard InChI is InChI=1S/C10H12BrNO2/c11-9-3-1-2-8(6-9)10(7-12)13-4-5-14-10/h1-3,6H,4-5,7,12H2. The molecule has 0 spiro atoms. The molecule has 4 heteroatoms. The van der Waals surface area contributed by atoms with E-state index in [0.717, 1.165) is 10.0 Å². The summed E-state index contributed by atoms with van der Waals surface area (Å²) in [6, 6.07) is 7.84. The van der Waals surface area contributed by atoms with Crippen molar-refractivity contribution < 1.29 is 9.47 Å². The Bertz CT molecular complexity index is 324. The first-order chi connectivity index (χ1) is 6.77. The minimum absolute atomic E-state index is 0.337. The van der Waals surface area contributed by atoms with Gasteiger partial charge in [0.15, 0.2) is 0 Å². The van der Waals surface area contributed by atoms with Gasteiger partial charge in [-0.1, -0.05) is 28.1 Å². The highest BCUT2D eigenvalue weighted by molar-refractivity contribution is 9.10. The second kappa shape index (κ2) is 3.98. The number of hydrogen-bond donors (Lipinski definition) is 1. The van der Waals surface area contributed by atoms with Crippen LogP contribution in [-0.2, 0) is 15.3 Å². The van der Waals surface area contributed by atoms with Gasteiger partial charge in [0.1, 0.15) is 0 Å². The molecule has 1 fully saturated rings. The maximum absolute atomic E-state index is 5.69. The second-order valence-corrected chi connectivity index (χ2v) is 4.08. The number of rotatable bonds is 2. The van der Waals surface area contributed by atoms with Gasteiger partial charge in [0.05, 0.1) is 19.8 Å². The monoisotopic (exact) mass is 257 g/mol. The molecular formula is C10H12BrNO2. The van der Waals surface area contributed by atoms with Crippen LogP contribution in [0.1, 0.15) is 5.56 Å². The molecule has 3 nitrogen and oxygen atoms in total. The van der Waals surface area contributed by atoms with E-state index < -0.39 is 5.79 Å². The first-order valence-electron chi connectivity index (χ1n) is 4.51. The Balaban J connectivity index is 2.35. The summed E-state index contributed by atoms with van der Waals surface area (Å²) in [6.45, 7) is 1.54. The molecule has 0 saturated carbocycles. The van der Waals surface area contributed by atoms with E-state index in [-0.39, 0.29) is 0 Å². The second-order valence-electron chi connectivity index (χ2n) is 3.16. The summed E-state index contributed by atoms with van der Waals surface area (Å²) in [5.74, 6) is -0.732. The summed E-state index contributed by atoms with van der Waals surface area (Å²) < 4.78 is 12.1. The molecule has 1 heterocycles. The van der Waals surface area contributed by atoms with E-state index in [4.69, 9.17) is 15.2 Å². The van der Waals surface area contributed by atoms with E-state index in [2.05, 4.69) is 15.9 Å². The van der Waals surface area contributed by atoms with Crippen molar-refractivity contribution in [1.82, 2.24) is 0 Å². The lowest BCUT2D eigenvalue weighted by Crippen LogP contribution is -2.36. The molecule has 1 saturated heterocycles. The van der Waals surface area contributed by atoms with Crippen molar-refractivity contribution in [1.29, 1.82) is 0 Å². The van der Waals surface area contributed by atoms with Crippen LogP contribution >= 0.6 is 15.9 Å². The van der Waals surface area contributed by atoms with Crippen LogP contribution in [0.25, 0.3) is 0 Å². The molecule has 1 aliphatic rings. The van der Waals surface area contributed by atoms with Gasteiger partial charge in [0.2, 0.25) is 5.79 Å². The highest BCUT2D eigenvalue weighted by Crippen LogP contribution is 2.31. The molecule has 1 aliphatic heterocycles. The lowest BCUT2D eigenvalue weighted by molar-refractivity contribution is -0.156. The average molecular weight is 258 g/mol. The molecule has 0 unspecified atom stereocenters. The van der Waals surface area contributed by atoms with Crippen LogP contribution in [0.4, 0.5) is 0 Å². The Labute approximate surface area is 91.3 Å². The number of hydrogen-bond acceptors (Lipinski definition) is 3. The van der Waals surface area contributed by atoms with Gasteiger partial charge in [-0.3, -0.25) is 0 Å². The maximum atomic E-state index is 5.69. The molecule has 0 atom stereocenters. The molecule has 0 radical (unpaired) electrons. The fraction of sp³-hybridized carbons (Fsp3) is 0.400. The van der Waals surface area contributed by atoms with E-state index in [0.29, 0.717) is 19.8 Å². The zero-order chi connectivity index (χ0) is 10.0. The van der Waals surface area contributed by atoms with Gasteiger partial charge in [-0.15, -0.1) is 0 Å². The molecule has 14 heavy (non-hydrogen) atoms. The van der Waals surface area contributed by atoms with Crippen molar-refractivity contribution in [3.8, 4) is 0 Å². The summed E-state index contributed by atoms with van der Waals surface area (Å²) in [5.41, 5.74) is 6.65. The lowest BCUT2D eigenvalue weighted by Gasteiger charge is -2.26. The molecule has 2 rings (SSSR count). The third-order valence-electron chi connectivity index (χ3n) is 2.29. The number of ether oxygens (including phenoxy) is 2. The van der Waals surface area contributed by atoms with Gasteiger partial charge in [-0.25, -0.2) is 0 Å². The fourth-order valence-electron chi connectivity index (χ4n) is 1.58. The van der Waals surface area contributed by atoms with Gasteiger partial charge in [-0.2, -0.15) is 0 Å². The minimum atomic E-state index is -0.732. The lowest BCUT2D eigenvalue weighted by atomic mass is 10.1. The summed E-state index contributed by atoms with van der Waals surface area (Å²) in [4.78, 5) is 0. The Morgan fingerprint density at radius 3 is 2.64 bits per heavy atom. The van der Waals surface area contributed by atoms with Gasteiger partial charge in [0, 0.05) is 10.0 Å². The highest BCUT2D eigenvalue weighted by Gasteiger charge is 2.37. The Morgan fingerprint density at radius 1 is 1.36 bits per heavy atom. The van der Waals surface area contributed by atoms with Crippen molar-refractivity contribution >= 4 is 15.9 Å². The van der Waals surface area contributed by atoms with E-state index in [1.54, 1.807) is 0 Å². The van der Waals surface area contributed by atoms with Crippen molar-refractivity contribution in [2.75, 3.05) is 19.8 Å². The van der Waals surface area contributed by atoms with E-state index in [9.17, 15) is 0 Å². The molecular weight excluding hydrogens is 246 g/mol. The van der Waals surface area contributed by atoms with Gasteiger partial charge in [-0.05, 0) is 12.1 Å². The van der Waals surface area contributed by atoms with Crippen molar-refractivity contribution in [3.63, 3.8) is 0 Å². The molecule has 0 aliphatic carbocycles. The normalized spacial score (nSPS) is 19.9. The zero-order valence-electron chi connectivity index (χ0n) is 7.70. The predicted octanol–water partition coefficient (Wildman–Crippen LogP) is 1.61. The Kier molecular flexibility index (Phi) is 2.88. The third kappa shape index (κ3) is 1.70. The summed E-state index contributed by atoms with van der Waals surface area (Å²) in [5, 5.41) is 0. The third-order valence-corrected chi connectivity index (χ3v) is 2.78.